The van der Waals surface area contributed by atoms with Gasteiger partial charge >= 0.3 is 5.97 Å². The zero-order valence-corrected chi connectivity index (χ0v) is 14.2. The first-order valence-electron chi connectivity index (χ1n) is 7.41. The van der Waals surface area contributed by atoms with Gasteiger partial charge in [0, 0.05) is 13.2 Å². The van der Waals surface area contributed by atoms with Gasteiger partial charge in [-0.15, -0.1) is 0 Å². The molecule has 0 saturated heterocycles. The van der Waals surface area contributed by atoms with E-state index in [1.54, 1.807) is 18.2 Å². The predicted molar refractivity (Wildman–Crippen MR) is 90.4 cm³/mol. The number of rotatable bonds is 6. The molecule has 6 nitrogen and oxygen atoms in total. The van der Waals surface area contributed by atoms with Crippen molar-refractivity contribution in [2.45, 2.75) is 32.9 Å². The number of benzene rings is 1. The van der Waals surface area contributed by atoms with Crippen molar-refractivity contribution in [2.75, 3.05) is 13.7 Å². The Kier molecular flexibility index (Phi) is 5.68. The Morgan fingerprint density at radius 1 is 1.39 bits per heavy atom. The molecule has 1 N–H and O–H groups in total. The number of nitrogens with one attached hydrogen (secondary N) is 1. The van der Waals surface area contributed by atoms with Crippen LogP contribution < -0.4 is 5.56 Å². The normalized spacial score (nSPS) is 11.1. The highest BCUT2D eigenvalue weighted by Crippen LogP contribution is 2.12. The smallest absolute Gasteiger partial charge is 0.337 e. The fraction of sp³-hybridized carbons (Fsp3) is 0.438. The summed E-state index contributed by atoms with van der Waals surface area (Å²) in [7, 11) is 1.31. The number of ether oxygens (including phenoxy) is 2. The van der Waals surface area contributed by atoms with Crippen LogP contribution in [-0.2, 0) is 16.0 Å². The number of nitrogens with zero attached hydrogens (tertiary/aromatic N) is 1. The summed E-state index contributed by atoms with van der Waals surface area (Å²) in [6.07, 6.45) is 0.857. The van der Waals surface area contributed by atoms with Gasteiger partial charge in [-0.3, -0.25) is 9.36 Å². The molecule has 7 heteroatoms. The molecule has 0 radical (unpaired) electrons. The summed E-state index contributed by atoms with van der Waals surface area (Å²) in [5, 5.41) is 0.482. The van der Waals surface area contributed by atoms with Crippen LogP contribution in [0.1, 0.15) is 30.6 Å². The third kappa shape index (κ3) is 4.05. The first-order valence-corrected chi connectivity index (χ1v) is 7.81. The Morgan fingerprint density at radius 2 is 2.13 bits per heavy atom. The number of aromatic amines is 1. The van der Waals surface area contributed by atoms with Gasteiger partial charge in [-0.05, 0) is 50.7 Å². The molecule has 0 atom stereocenters. The minimum atomic E-state index is -0.457. The largest absolute Gasteiger partial charge is 0.465 e. The van der Waals surface area contributed by atoms with Gasteiger partial charge in [0.1, 0.15) is 0 Å². The van der Waals surface area contributed by atoms with Crippen molar-refractivity contribution in [3.8, 4) is 0 Å². The number of fused-ring (bicyclic) bond motifs is 1. The van der Waals surface area contributed by atoms with Crippen LogP contribution in [0.3, 0.4) is 0 Å². The quantitative estimate of drug-likeness (QED) is 0.499. The number of methoxy groups -OCH3 is 1. The van der Waals surface area contributed by atoms with Crippen LogP contribution in [0.5, 0.6) is 0 Å². The first-order chi connectivity index (χ1) is 10.9. The maximum absolute atomic E-state index is 12.5. The zero-order chi connectivity index (χ0) is 17.0. The van der Waals surface area contributed by atoms with E-state index < -0.39 is 5.97 Å². The van der Waals surface area contributed by atoms with E-state index in [0.29, 0.717) is 40.8 Å². The van der Waals surface area contributed by atoms with Crippen molar-refractivity contribution < 1.29 is 14.3 Å². The number of carbonyl (C=O) groups is 1. The molecule has 0 aliphatic heterocycles. The average molecular weight is 336 g/mol. The van der Waals surface area contributed by atoms with Crippen LogP contribution in [0.15, 0.2) is 23.0 Å². The van der Waals surface area contributed by atoms with Crippen molar-refractivity contribution in [3.05, 3.63) is 38.9 Å². The van der Waals surface area contributed by atoms with Gasteiger partial charge in [-0.2, -0.15) is 0 Å². The predicted octanol–water partition coefficient (Wildman–Crippen LogP) is 2.66. The fourth-order valence-corrected chi connectivity index (χ4v) is 2.53. The summed E-state index contributed by atoms with van der Waals surface area (Å²) < 4.78 is 12.0. The van der Waals surface area contributed by atoms with E-state index in [2.05, 4.69) is 9.72 Å². The van der Waals surface area contributed by atoms with Crippen molar-refractivity contribution in [3.63, 3.8) is 0 Å². The van der Waals surface area contributed by atoms with E-state index in [4.69, 9.17) is 17.0 Å². The van der Waals surface area contributed by atoms with Crippen molar-refractivity contribution in [1.29, 1.82) is 0 Å². The Hall–Kier alpha value is -1.99. The summed E-state index contributed by atoms with van der Waals surface area (Å²) in [6.45, 7) is 4.98. The number of aromatic nitrogens is 2. The number of hydrogen-bond acceptors (Lipinski definition) is 5. The van der Waals surface area contributed by atoms with Gasteiger partial charge in [-0.25, -0.2) is 4.79 Å². The van der Waals surface area contributed by atoms with Gasteiger partial charge in [-0.1, -0.05) is 0 Å². The van der Waals surface area contributed by atoms with Crippen LogP contribution in [0.4, 0.5) is 0 Å². The molecule has 124 valence electrons. The molecule has 0 bridgehead atoms. The SMILES string of the molecule is COC(=O)c1ccc2c(=O)n(CCCOC(C)C)c(=S)[nH]c2c1. The molecule has 0 aliphatic carbocycles. The second kappa shape index (κ2) is 7.52. The molecule has 0 saturated carbocycles. The molecule has 23 heavy (non-hydrogen) atoms. The topological polar surface area (TPSA) is 73.3 Å². The zero-order valence-electron chi connectivity index (χ0n) is 13.4. The number of hydrogen-bond donors (Lipinski definition) is 1. The fourth-order valence-electron chi connectivity index (χ4n) is 2.24. The van der Waals surface area contributed by atoms with Gasteiger partial charge < -0.3 is 14.5 Å². The average Bonchev–Trinajstić information content (AvgIpc) is 2.52. The molecule has 1 heterocycles. The van der Waals surface area contributed by atoms with E-state index >= 15 is 0 Å². The summed E-state index contributed by atoms with van der Waals surface area (Å²) in [4.78, 5) is 27.1. The van der Waals surface area contributed by atoms with Gasteiger partial charge in [0.25, 0.3) is 5.56 Å². The lowest BCUT2D eigenvalue weighted by molar-refractivity contribution is 0.0600. The number of H-pyrrole nitrogens is 1. The van der Waals surface area contributed by atoms with E-state index in [1.807, 2.05) is 13.8 Å². The monoisotopic (exact) mass is 336 g/mol. The summed E-state index contributed by atoms with van der Waals surface area (Å²) in [5.41, 5.74) is 0.718. The molecule has 0 aliphatic rings. The van der Waals surface area contributed by atoms with Gasteiger partial charge in [0.05, 0.1) is 29.7 Å². The van der Waals surface area contributed by atoms with Crippen molar-refractivity contribution in [1.82, 2.24) is 9.55 Å². The standard InChI is InChI=1S/C16H20N2O4S/c1-10(2)22-8-4-7-18-14(19)12-6-5-11(15(20)21-3)9-13(12)17-16(18)23/h5-6,9-10H,4,7-8H2,1-3H3,(H,17,23). The maximum Gasteiger partial charge on any atom is 0.337 e. The highest BCUT2D eigenvalue weighted by molar-refractivity contribution is 7.71. The summed E-state index contributed by atoms with van der Waals surface area (Å²) >= 11 is 5.26. The van der Waals surface area contributed by atoms with Gasteiger partial charge in [0.2, 0.25) is 0 Å². The lowest BCUT2D eigenvalue weighted by Crippen LogP contribution is -2.23. The van der Waals surface area contributed by atoms with Crippen LogP contribution in [0.25, 0.3) is 10.9 Å². The van der Waals surface area contributed by atoms with E-state index in [-0.39, 0.29) is 11.7 Å². The highest BCUT2D eigenvalue weighted by Gasteiger charge is 2.10. The lowest BCUT2D eigenvalue weighted by Gasteiger charge is -2.10. The molecule has 0 amide bonds. The van der Waals surface area contributed by atoms with Crippen molar-refractivity contribution >= 4 is 29.1 Å². The van der Waals surface area contributed by atoms with E-state index in [0.717, 1.165) is 0 Å². The Bertz CT molecular complexity index is 823. The van der Waals surface area contributed by atoms with Crippen molar-refractivity contribution in [2.24, 2.45) is 0 Å². The summed E-state index contributed by atoms with van der Waals surface area (Å²) in [5.74, 6) is -0.457. The molecule has 0 fully saturated rings. The summed E-state index contributed by atoms with van der Waals surface area (Å²) in [6, 6.07) is 4.75. The molecule has 0 spiro atoms. The Morgan fingerprint density at radius 3 is 2.78 bits per heavy atom. The second-order valence-electron chi connectivity index (χ2n) is 5.41. The van der Waals surface area contributed by atoms with Crippen LogP contribution in [-0.4, -0.2) is 35.3 Å². The van der Waals surface area contributed by atoms with E-state index in [9.17, 15) is 9.59 Å². The molecule has 0 unspecified atom stereocenters. The van der Waals surface area contributed by atoms with E-state index in [1.165, 1.54) is 11.7 Å². The van der Waals surface area contributed by atoms with Crippen LogP contribution in [0.2, 0.25) is 0 Å². The molecule has 2 rings (SSSR count). The second-order valence-corrected chi connectivity index (χ2v) is 5.80. The molecule has 2 aromatic rings. The third-order valence-corrected chi connectivity index (χ3v) is 3.70. The van der Waals surface area contributed by atoms with Crippen LogP contribution in [0, 0.1) is 4.77 Å². The maximum atomic E-state index is 12.5. The van der Waals surface area contributed by atoms with Crippen LogP contribution >= 0.6 is 12.2 Å². The first kappa shape index (κ1) is 17.4. The lowest BCUT2D eigenvalue weighted by atomic mass is 10.1. The molecular formula is C16H20N2O4S. The molecular weight excluding hydrogens is 316 g/mol. The minimum Gasteiger partial charge on any atom is -0.465 e. The third-order valence-electron chi connectivity index (χ3n) is 3.38. The van der Waals surface area contributed by atoms with Gasteiger partial charge in [0.15, 0.2) is 4.77 Å². The molecule has 1 aromatic carbocycles. The Balaban J connectivity index is 2.32. The number of carbonyl (C=O) groups excluding carboxylic acids is 1. The Labute approximate surface area is 139 Å². The molecule has 1 aromatic heterocycles. The number of esters is 1. The highest BCUT2D eigenvalue weighted by atomic mass is 32.1. The minimum absolute atomic E-state index is 0.162.